The van der Waals surface area contributed by atoms with Crippen molar-refractivity contribution in [3.05, 3.63) is 99.7 Å². The number of ether oxygens (including phenoxy) is 2. The van der Waals surface area contributed by atoms with Crippen LogP contribution in [0.2, 0.25) is 0 Å². The van der Waals surface area contributed by atoms with Crippen molar-refractivity contribution < 1.29 is 36.5 Å². The van der Waals surface area contributed by atoms with Crippen molar-refractivity contribution in [1.29, 1.82) is 0 Å². The fourth-order valence-electron chi connectivity index (χ4n) is 6.79. The van der Waals surface area contributed by atoms with Gasteiger partial charge in [-0.05, 0) is 84.3 Å². The van der Waals surface area contributed by atoms with Gasteiger partial charge in [0.15, 0.2) is 0 Å². The zero-order valence-corrected chi connectivity index (χ0v) is 30.8. The van der Waals surface area contributed by atoms with Crippen LogP contribution < -0.4 is 20.3 Å². The lowest BCUT2D eigenvalue weighted by Crippen LogP contribution is -2.50. The monoisotopic (exact) mass is 728 g/mol. The molecule has 2 heterocycles. The van der Waals surface area contributed by atoms with Crippen molar-refractivity contribution >= 4 is 50.7 Å². The van der Waals surface area contributed by atoms with Crippen molar-refractivity contribution in [2.45, 2.75) is 59.3 Å². The van der Waals surface area contributed by atoms with Gasteiger partial charge in [-0.15, -0.1) is 0 Å². The third-order valence-corrected chi connectivity index (χ3v) is 9.85. The third-order valence-electron chi connectivity index (χ3n) is 9.23. The Bertz CT molecular complexity index is 2140. The molecule has 3 amide bonds. The highest BCUT2D eigenvalue weighted by Gasteiger charge is 2.35. The number of benzene rings is 3. The van der Waals surface area contributed by atoms with E-state index in [0.29, 0.717) is 17.9 Å². The molecule has 0 saturated heterocycles. The first kappa shape index (κ1) is 36.6. The van der Waals surface area contributed by atoms with Crippen molar-refractivity contribution in [3.63, 3.8) is 0 Å². The Balaban J connectivity index is 1.09. The van der Waals surface area contributed by atoms with Crippen LogP contribution in [0.25, 0.3) is 17.0 Å². The molecule has 3 N–H and O–H groups in total. The number of nitrogens with zero attached hydrogens (tertiary/aromatic N) is 1. The number of carbonyl (C=O) groups is 3. The van der Waals surface area contributed by atoms with Gasteiger partial charge in [0.2, 0.25) is 5.91 Å². The van der Waals surface area contributed by atoms with Gasteiger partial charge in [-0.25, -0.2) is 4.79 Å². The lowest BCUT2D eigenvalue weighted by atomic mass is 9.90. The molecule has 0 fully saturated rings. The summed E-state index contributed by atoms with van der Waals surface area (Å²) in [6.45, 7) is 8.31. The zero-order valence-electron chi connectivity index (χ0n) is 29.9. The summed E-state index contributed by atoms with van der Waals surface area (Å²) < 4.78 is 40.9. The Morgan fingerprint density at radius 2 is 1.79 bits per heavy atom. The summed E-state index contributed by atoms with van der Waals surface area (Å²) in [5.41, 5.74) is 8.08. The molecule has 1 aliphatic heterocycles. The number of H-pyrrole nitrogens is 1. The summed E-state index contributed by atoms with van der Waals surface area (Å²) in [6, 6.07) is 17.6. The minimum absolute atomic E-state index is 0.0807. The fourth-order valence-corrected chi connectivity index (χ4v) is 7.41. The fraction of sp³-hybridized carbons (Fsp3) is 0.359. The number of aromatic nitrogens is 1. The molecule has 13 heteroatoms. The highest BCUT2D eigenvalue weighted by molar-refractivity contribution is 7.86. The topological polar surface area (TPSA) is 156 Å². The molecule has 0 saturated carbocycles. The number of hydrogen-bond acceptors (Lipinski definition) is 8. The Labute approximate surface area is 303 Å². The maximum atomic E-state index is 14.1. The number of amides is 3. The zero-order chi connectivity index (χ0) is 37.2. The summed E-state index contributed by atoms with van der Waals surface area (Å²) >= 11 is 0. The number of carbonyl (C=O) groups excluding carboxylic acids is 3. The number of rotatable bonds is 12. The lowest BCUT2D eigenvalue weighted by Gasteiger charge is -2.35. The van der Waals surface area contributed by atoms with Crippen molar-refractivity contribution in [2.75, 3.05) is 30.9 Å². The highest BCUT2D eigenvalue weighted by atomic mass is 32.2. The summed E-state index contributed by atoms with van der Waals surface area (Å²) in [4.78, 5) is 44.2. The SMILES string of the molecule is CC1=Cc2c(c(C)cc3c2C[C@H](OS(C)(=O)=O)CN3C(=O)c2cc3cc(OCCNC(=O)[C@@H](NC(=O)OCc4ccccc4)C(C)C)ccc3[nH]2)C1. The molecule has 0 spiro atoms. The summed E-state index contributed by atoms with van der Waals surface area (Å²) in [7, 11) is -3.76. The molecule has 12 nitrogen and oxygen atoms in total. The smallest absolute Gasteiger partial charge is 0.408 e. The van der Waals surface area contributed by atoms with E-state index < -0.39 is 28.4 Å². The lowest BCUT2D eigenvalue weighted by molar-refractivity contribution is -0.124. The number of aromatic amines is 1. The number of nitrogens with one attached hydrogen (secondary N) is 3. The van der Waals surface area contributed by atoms with Gasteiger partial charge in [0.1, 0.15) is 30.7 Å². The van der Waals surface area contributed by atoms with E-state index in [-0.39, 0.29) is 44.0 Å². The van der Waals surface area contributed by atoms with Crippen LogP contribution in [-0.2, 0) is 43.3 Å². The van der Waals surface area contributed by atoms with E-state index in [4.69, 9.17) is 13.7 Å². The van der Waals surface area contributed by atoms with Gasteiger partial charge in [0.05, 0.1) is 25.4 Å². The number of alkyl carbamates (subject to hydrolysis) is 1. The molecule has 2 aliphatic rings. The Hall–Kier alpha value is -5.14. The molecule has 6 rings (SSSR count). The number of aryl methyl sites for hydroxylation is 1. The van der Waals surface area contributed by atoms with Crippen LogP contribution in [0.15, 0.2) is 66.2 Å². The van der Waals surface area contributed by atoms with Gasteiger partial charge in [-0.2, -0.15) is 8.42 Å². The van der Waals surface area contributed by atoms with Crippen LogP contribution in [0, 0.1) is 12.8 Å². The second-order valence-electron chi connectivity index (χ2n) is 13.8. The third kappa shape index (κ3) is 8.48. The maximum absolute atomic E-state index is 14.1. The number of anilines is 1. The van der Waals surface area contributed by atoms with Crippen LogP contribution in [0.4, 0.5) is 10.5 Å². The number of hydrogen-bond donors (Lipinski definition) is 3. The molecule has 1 aromatic heterocycles. The minimum Gasteiger partial charge on any atom is -0.492 e. The van der Waals surface area contributed by atoms with Crippen LogP contribution in [-0.4, -0.2) is 69.4 Å². The van der Waals surface area contributed by atoms with Gasteiger partial charge >= 0.3 is 6.09 Å². The van der Waals surface area contributed by atoms with E-state index in [1.807, 2.05) is 63.2 Å². The largest absolute Gasteiger partial charge is 0.492 e. The molecule has 0 bridgehead atoms. The molecule has 0 radical (unpaired) electrons. The van der Waals surface area contributed by atoms with Gasteiger partial charge in [-0.3, -0.25) is 13.8 Å². The Morgan fingerprint density at radius 3 is 2.52 bits per heavy atom. The molecule has 1 aliphatic carbocycles. The van der Waals surface area contributed by atoms with Gasteiger partial charge in [0.25, 0.3) is 16.0 Å². The van der Waals surface area contributed by atoms with Gasteiger partial charge in [-0.1, -0.05) is 55.8 Å². The van der Waals surface area contributed by atoms with Crippen LogP contribution in [0.3, 0.4) is 0 Å². The van der Waals surface area contributed by atoms with Crippen molar-refractivity contribution in [2.24, 2.45) is 5.92 Å². The molecule has 4 aromatic rings. The Kier molecular flexibility index (Phi) is 10.7. The number of allylic oxidation sites excluding steroid dienone is 1. The molecule has 52 heavy (non-hydrogen) atoms. The van der Waals surface area contributed by atoms with Crippen LogP contribution >= 0.6 is 0 Å². The number of fused-ring (bicyclic) bond motifs is 4. The molecule has 0 unspecified atom stereocenters. The second kappa shape index (κ2) is 15.2. The van der Waals surface area contributed by atoms with E-state index >= 15 is 0 Å². The van der Waals surface area contributed by atoms with Crippen molar-refractivity contribution in [1.82, 2.24) is 15.6 Å². The van der Waals surface area contributed by atoms with Crippen molar-refractivity contribution in [3.8, 4) is 5.75 Å². The normalized spacial score (nSPS) is 15.8. The first-order valence-corrected chi connectivity index (χ1v) is 19.1. The summed E-state index contributed by atoms with van der Waals surface area (Å²) in [6.07, 6.45) is 2.94. The van der Waals surface area contributed by atoms with E-state index in [9.17, 15) is 22.8 Å². The molecular weight excluding hydrogens is 685 g/mol. The molecule has 274 valence electrons. The summed E-state index contributed by atoms with van der Waals surface area (Å²) in [5.74, 6) is -0.296. The quantitative estimate of drug-likeness (QED) is 0.129. The average molecular weight is 729 g/mol. The summed E-state index contributed by atoms with van der Waals surface area (Å²) in [5, 5.41) is 6.20. The first-order chi connectivity index (χ1) is 24.8. The van der Waals surface area contributed by atoms with E-state index in [1.165, 1.54) is 11.1 Å². The molecule has 2 atom stereocenters. The van der Waals surface area contributed by atoms with E-state index in [0.717, 1.165) is 51.5 Å². The average Bonchev–Trinajstić information content (AvgIpc) is 3.71. The molecular formula is C39H44N4O8S. The minimum atomic E-state index is -3.76. The van der Waals surface area contributed by atoms with Crippen LogP contribution in [0.5, 0.6) is 5.75 Å². The molecule has 3 aromatic carbocycles. The second-order valence-corrected chi connectivity index (χ2v) is 15.4. The highest BCUT2D eigenvalue weighted by Crippen LogP contribution is 2.40. The van der Waals surface area contributed by atoms with E-state index in [2.05, 4.69) is 28.6 Å². The maximum Gasteiger partial charge on any atom is 0.408 e. The first-order valence-electron chi connectivity index (χ1n) is 17.3. The Morgan fingerprint density at radius 1 is 1.02 bits per heavy atom. The standard InChI is InChI=1S/C39H44N4O8S/c1-23(2)36(42-39(46)50-22-26-9-7-6-8-10-26)37(44)40-13-14-49-28-11-12-33-27(18-28)19-34(41-33)38(45)43-21-29(51-52(5,47)48)20-32-31-16-24(3)15-30(31)25(4)17-35(32)43/h6-12,16-19,23,29,36,41H,13-15,20-22H2,1-5H3,(H,40,44)(H,42,46)/t29-,36-/m0/s1. The van der Waals surface area contributed by atoms with Gasteiger partial charge < -0.3 is 30.0 Å². The predicted molar refractivity (Wildman–Crippen MR) is 199 cm³/mol. The van der Waals surface area contributed by atoms with Crippen LogP contribution in [0.1, 0.15) is 59.1 Å². The van der Waals surface area contributed by atoms with E-state index in [1.54, 1.807) is 23.1 Å². The van der Waals surface area contributed by atoms with Gasteiger partial charge in [0, 0.05) is 23.0 Å². The predicted octanol–water partition coefficient (Wildman–Crippen LogP) is 5.43.